The van der Waals surface area contributed by atoms with Crippen LogP contribution in [0.3, 0.4) is 0 Å². The van der Waals surface area contributed by atoms with E-state index in [1.54, 1.807) is 18.2 Å². The first-order valence-electron chi connectivity index (χ1n) is 13.9. The molecule has 4 aliphatic rings. The van der Waals surface area contributed by atoms with Crippen molar-refractivity contribution in [3.05, 3.63) is 47.8 Å². The number of likely N-dealkylation sites (N-methyl/N-ethyl adjacent to an activating group) is 1. The number of aliphatic hydroxyl groups is 2. The minimum Gasteiger partial charge on any atom is -0.509 e. The van der Waals surface area contributed by atoms with Gasteiger partial charge in [-0.25, -0.2) is 0 Å². The summed E-state index contributed by atoms with van der Waals surface area (Å²) in [5, 5.41) is 23.9. The van der Waals surface area contributed by atoms with Gasteiger partial charge in [-0.05, 0) is 61.3 Å². The SMILES string of the molecule is CCC1CC2C(CC3C=CCCC(=O)C4=C(O)C(C(O)CCNC(=O)C=CC=CC(=O)C32)N(C)C4=O)C1C. The summed E-state index contributed by atoms with van der Waals surface area (Å²) in [7, 11) is 1.44. The molecule has 0 saturated heterocycles. The van der Waals surface area contributed by atoms with Crippen LogP contribution in [0.2, 0.25) is 0 Å². The molecule has 2 aliphatic heterocycles. The standard InChI is InChI=1S/C30H40N2O6/c1-4-18-15-21-20(17(18)2)16-19-9-5-6-11-23(34)27-29(37)28(32(3)30(27)38)24(35)13-14-31-25(36)12-8-7-10-22(33)26(19)21/h5,7-10,12,17-21,24,26,28,35,37H,4,6,11,13-16H2,1-3H3,(H,31,36). The van der Waals surface area contributed by atoms with Crippen LogP contribution in [0.1, 0.15) is 52.4 Å². The van der Waals surface area contributed by atoms with Crippen molar-refractivity contribution in [2.24, 2.45) is 35.5 Å². The first-order valence-corrected chi connectivity index (χ1v) is 13.9. The van der Waals surface area contributed by atoms with E-state index < -0.39 is 29.6 Å². The molecule has 2 heterocycles. The number of allylic oxidation sites excluding steroid dienone is 5. The lowest BCUT2D eigenvalue weighted by Gasteiger charge is -2.25. The van der Waals surface area contributed by atoms with Crippen molar-refractivity contribution in [1.82, 2.24) is 10.2 Å². The molecule has 206 valence electrons. The normalized spacial score (nSPS) is 37.0. The average Bonchev–Trinajstić information content (AvgIpc) is 3.46. The second-order valence-corrected chi connectivity index (χ2v) is 11.3. The molecule has 2 bridgehead atoms. The minimum absolute atomic E-state index is 0.0472. The minimum atomic E-state index is -1.16. The molecular weight excluding hydrogens is 484 g/mol. The second-order valence-electron chi connectivity index (χ2n) is 11.3. The number of ketones is 2. The van der Waals surface area contributed by atoms with Gasteiger partial charge >= 0.3 is 0 Å². The van der Waals surface area contributed by atoms with Crippen LogP contribution in [0.25, 0.3) is 0 Å². The van der Waals surface area contributed by atoms with Gasteiger partial charge in [0.05, 0.1) is 6.10 Å². The van der Waals surface area contributed by atoms with Crippen molar-refractivity contribution >= 4 is 23.4 Å². The molecule has 0 aromatic heterocycles. The molecule has 2 aliphatic carbocycles. The molecule has 8 nitrogen and oxygen atoms in total. The quantitative estimate of drug-likeness (QED) is 0.358. The van der Waals surface area contributed by atoms with Gasteiger partial charge in [0.15, 0.2) is 11.6 Å². The number of nitrogens with one attached hydrogen (secondary N) is 1. The predicted molar refractivity (Wildman–Crippen MR) is 143 cm³/mol. The van der Waals surface area contributed by atoms with Crippen LogP contribution in [0, 0.1) is 35.5 Å². The molecule has 8 heteroatoms. The molecule has 3 N–H and O–H groups in total. The number of carbonyl (C=O) groups is 4. The van der Waals surface area contributed by atoms with Gasteiger partial charge in [0.1, 0.15) is 17.4 Å². The number of fused-ring (bicyclic) bond motifs is 4. The number of hydrogen-bond donors (Lipinski definition) is 3. The summed E-state index contributed by atoms with van der Waals surface area (Å²) in [4.78, 5) is 52.4. The van der Waals surface area contributed by atoms with E-state index in [2.05, 4.69) is 25.2 Å². The Labute approximate surface area is 224 Å². The van der Waals surface area contributed by atoms with Crippen molar-refractivity contribution in [2.45, 2.75) is 64.5 Å². The molecule has 2 amide bonds. The van der Waals surface area contributed by atoms with Crippen molar-refractivity contribution in [3.8, 4) is 0 Å². The van der Waals surface area contributed by atoms with Gasteiger partial charge in [-0.3, -0.25) is 19.2 Å². The summed E-state index contributed by atoms with van der Waals surface area (Å²) in [6, 6.07) is -1.03. The van der Waals surface area contributed by atoms with E-state index in [4.69, 9.17) is 0 Å². The second kappa shape index (κ2) is 11.8. The van der Waals surface area contributed by atoms with Crippen molar-refractivity contribution < 1.29 is 29.4 Å². The van der Waals surface area contributed by atoms with Crippen LogP contribution < -0.4 is 5.32 Å². The number of rotatable bonds is 1. The van der Waals surface area contributed by atoms with Crippen molar-refractivity contribution in [2.75, 3.05) is 13.6 Å². The Balaban J connectivity index is 1.58. The Morgan fingerprint density at radius 2 is 1.82 bits per heavy atom. The Morgan fingerprint density at radius 1 is 1.08 bits per heavy atom. The van der Waals surface area contributed by atoms with E-state index >= 15 is 0 Å². The maximum absolute atomic E-state index is 13.4. The Bertz CT molecular complexity index is 1090. The Hall–Kier alpha value is -3.00. The van der Waals surface area contributed by atoms with Gasteiger partial charge in [-0.2, -0.15) is 0 Å². The maximum Gasteiger partial charge on any atom is 0.261 e. The zero-order valence-corrected chi connectivity index (χ0v) is 22.5. The number of aliphatic hydroxyl groups excluding tert-OH is 2. The van der Waals surface area contributed by atoms with Crippen LogP contribution in [0.4, 0.5) is 0 Å². The van der Waals surface area contributed by atoms with E-state index in [-0.39, 0.29) is 48.5 Å². The summed E-state index contributed by atoms with van der Waals surface area (Å²) >= 11 is 0. The zero-order valence-electron chi connectivity index (χ0n) is 22.5. The van der Waals surface area contributed by atoms with E-state index in [1.165, 1.54) is 18.0 Å². The van der Waals surface area contributed by atoms with E-state index in [0.717, 1.165) is 19.3 Å². The number of Topliss-reactive ketones (excluding diaryl/α,β-unsaturated/α-hetero) is 1. The van der Waals surface area contributed by atoms with Gasteiger partial charge in [-0.1, -0.05) is 44.6 Å². The van der Waals surface area contributed by atoms with Crippen LogP contribution in [-0.4, -0.2) is 64.2 Å². The predicted octanol–water partition coefficient (Wildman–Crippen LogP) is 3.04. The lowest BCUT2D eigenvalue weighted by molar-refractivity contribution is -0.129. The molecule has 8 unspecified atom stereocenters. The molecule has 0 aromatic rings. The van der Waals surface area contributed by atoms with Gasteiger partial charge in [-0.15, -0.1) is 0 Å². The highest BCUT2D eigenvalue weighted by molar-refractivity contribution is 6.21. The van der Waals surface area contributed by atoms with Crippen LogP contribution in [0.5, 0.6) is 0 Å². The van der Waals surface area contributed by atoms with Gasteiger partial charge in [0.25, 0.3) is 5.91 Å². The smallest absolute Gasteiger partial charge is 0.261 e. The third-order valence-corrected chi connectivity index (χ3v) is 9.27. The van der Waals surface area contributed by atoms with Crippen molar-refractivity contribution in [3.63, 3.8) is 0 Å². The summed E-state index contributed by atoms with van der Waals surface area (Å²) < 4.78 is 0. The Kier molecular flexibility index (Phi) is 8.71. The summed E-state index contributed by atoms with van der Waals surface area (Å²) in [6.45, 7) is 4.62. The van der Waals surface area contributed by atoms with E-state index in [1.807, 2.05) is 6.08 Å². The number of carbonyl (C=O) groups excluding carboxylic acids is 4. The highest BCUT2D eigenvalue weighted by Gasteiger charge is 2.52. The molecule has 4 rings (SSSR count). The highest BCUT2D eigenvalue weighted by atomic mass is 16.3. The number of hydrogen-bond acceptors (Lipinski definition) is 6. The fourth-order valence-electron chi connectivity index (χ4n) is 7.24. The molecule has 8 atom stereocenters. The molecule has 0 radical (unpaired) electrons. The fraction of sp³-hybridized carbons (Fsp3) is 0.600. The van der Waals surface area contributed by atoms with Crippen LogP contribution >= 0.6 is 0 Å². The van der Waals surface area contributed by atoms with Crippen LogP contribution in [0.15, 0.2) is 47.8 Å². The summed E-state index contributed by atoms with van der Waals surface area (Å²) in [5.74, 6) is 0.120. The molecule has 38 heavy (non-hydrogen) atoms. The third-order valence-electron chi connectivity index (χ3n) is 9.27. The highest BCUT2D eigenvalue weighted by Crippen LogP contribution is 2.56. The summed E-state index contributed by atoms with van der Waals surface area (Å²) in [5.41, 5.74) is -0.278. The van der Waals surface area contributed by atoms with E-state index in [9.17, 15) is 29.4 Å². The first-order chi connectivity index (χ1) is 18.1. The van der Waals surface area contributed by atoms with Crippen molar-refractivity contribution in [1.29, 1.82) is 0 Å². The third kappa shape index (κ3) is 5.41. The molecule has 2 fully saturated rings. The number of amides is 2. The Morgan fingerprint density at radius 3 is 2.55 bits per heavy atom. The van der Waals surface area contributed by atoms with Gasteiger partial charge in [0.2, 0.25) is 5.91 Å². The molecule has 0 spiro atoms. The zero-order chi connectivity index (χ0) is 27.6. The van der Waals surface area contributed by atoms with E-state index in [0.29, 0.717) is 30.1 Å². The molecular formula is C30H40N2O6. The molecule has 2 saturated carbocycles. The van der Waals surface area contributed by atoms with Gasteiger partial charge in [0, 0.05) is 32.0 Å². The lowest BCUT2D eigenvalue weighted by Crippen LogP contribution is -2.42. The summed E-state index contributed by atoms with van der Waals surface area (Å²) in [6.07, 6.45) is 12.5. The number of nitrogens with zero attached hydrogens (tertiary/aromatic N) is 1. The maximum atomic E-state index is 13.4. The largest absolute Gasteiger partial charge is 0.509 e. The van der Waals surface area contributed by atoms with Crippen LogP contribution in [-0.2, 0) is 19.2 Å². The fourth-order valence-corrected chi connectivity index (χ4v) is 7.24. The average molecular weight is 525 g/mol. The topological polar surface area (TPSA) is 124 Å². The first kappa shape index (κ1) is 28.0. The lowest BCUT2D eigenvalue weighted by atomic mass is 9.82. The molecule has 0 aromatic carbocycles. The van der Waals surface area contributed by atoms with Gasteiger partial charge < -0.3 is 20.4 Å². The monoisotopic (exact) mass is 524 g/mol.